The van der Waals surface area contributed by atoms with Gasteiger partial charge in [-0.25, -0.2) is 19.9 Å². The first-order valence-corrected chi connectivity index (χ1v) is 10.9. The highest BCUT2D eigenvalue weighted by Crippen LogP contribution is 2.36. The van der Waals surface area contributed by atoms with Crippen LogP contribution in [-0.4, -0.2) is 59.5 Å². The molecular formula is C24H24FN5O3. The summed E-state index contributed by atoms with van der Waals surface area (Å²) in [5, 5.41) is 0.860. The van der Waals surface area contributed by atoms with Crippen molar-refractivity contribution in [2.24, 2.45) is 0 Å². The molecule has 0 amide bonds. The van der Waals surface area contributed by atoms with Crippen molar-refractivity contribution >= 4 is 27.8 Å². The van der Waals surface area contributed by atoms with Crippen molar-refractivity contribution in [3.05, 3.63) is 48.9 Å². The molecule has 3 heterocycles. The lowest BCUT2D eigenvalue weighted by Gasteiger charge is -2.20. The van der Waals surface area contributed by atoms with Gasteiger partial charge in [-0.3, -0.25) is 4.39 Å². The number of halogens is 1. The van der Waals surface area contributed by atoms with Gasteiger partial charge in [0.2, 0.25) is 5.88 Å². The van der Waals surface area contributed by atoms with E-state index in [0.717, 1.165) is 40.7 Å². The van der Waals surface area contributed by atoms with Gasteiger partial charge >= 0.3 is 0 Å². The van der Waals surface area contributed by atoms with Gasteiger partial charge in [-0.2, -0.15) is 0 Å². The molecule has 1 aliphatic rings. The molecule has 0 aliphatic carbocycles. The molecule has 5 rings (SSSR count). The molecule has 4 aromatic rings. The number of methoxy groups -OCH3 is 1. The number of hydrogen-bond donors (Lipinski definition) is 0. The van der Waals surface area contributed by atoms with E-state index < -0.39 is 6.67 Å². The normalized spacial score (nSPS) is 15.8. The van der Waals surface area contributed by atoms with Gasteiger partial charge in [-0.1, -0.05) is 12.1 Å². The lowest BCUT2D eigenvalue weighted by molar-refractivity contribution is 0.216. The van der Waals surface area contributed by atoms with Crippen LogP contribution in [0, 0.1) is 0 Å². The Morgan fingerprint density at radius 3 is 2.79 bits per heavy atom. The van der Waals surface area contributed by atoms with Crippen molar-refractivity contribution in [2.45, 2.75) is 18.9 Å². The number of nitrogens with zero attached hydrogens (tertiary/aromatic N) is 5. The zero-order chi connectivity index (χ0) is 22.6. The molecule has 9 heteroatoms. The number of ether oxygens (including phenoxy) is 3. The highest BCUT2D eigenvalue weighted by molar-refractivity contribution is 5.92. The molecule has 0 radical (unpaired) electrons. The van der Waals surface area contributed by atoms with Crippen molar-refractivity contribution in [2.75, 3.05) is 38.4 Å². The number of anilines is 1. The Morgan fingerprint density at radius 1 is 1.06 bits per heavy atom. The second-order valence-corrected chi connectivity index (χ2v) is 7.78. The molecule has 0 N–H and O–H groups in total. The van der Waals surface area contributed by atoms with E-state index in [1.165, 1.54) is 0 Å². The van der Waals surface area contributed by atoms with Crippen LogP contribution in [0.3, 0.4) is 0 Å². The van der Waals surface area contributed by atoms with Gasteiger partial charge in [0.15, 0.2) is 11.5 Å². The summed E-state index contributed by atoms with van der Waals surface area (Å²) in [6, 6.07) is 11.4. The third-order valence-electron chi connectivity index (χ3n) is 5.59. The van der Waals surface area contributed by atoms with Crippen molar-refractivity contribution in [3.8, 4) is 17.4 Å². The molecule has 2 aromatic heterocycles. The van der Waals surface area contributed by atoms with Crippen LogP contribution in [0.15, 0.2) is 48.9 Å². The summed E-state index contributed by atoms with van der Waals surface area (Å²) in [6.07, 6.45) is 4.34. The van der Waals surface area contributed by atoms with Crippen LogP contribution in [0.2, 0.25) is 0 Å². The molecule has 1 unspecified atom stereocenters. The molecule has 1 fully saturated rings. The summed E-state index contributed by atoms with van der Waals surface area (Å²) in [7, 11) is 1.58. The van der Waals surface area contributed by atoms with E-state index in [0.29, 0.717) is 30.3 Å². The van der Waals surface area contributed by atoms with E-state index >= 15 is 0 Å². The van der Waals surface area contributed by atoms with Crippen LogP contribution in [0.25, 0.3) is 21.9 Å². The fourth-order valence-electron chi connectivity index (χ4n) is 4.00. The summed E-state index contributed by atoms with van der Waals surface area (Å²) >= 11 is 0. The Bertz CT molecular complexity index is 1270. The molecule has 0 spiro atoms. The molecule has 1 atom stereocenters. The molecule has 8 nitrogen and oxygen atoms in total. The lowest BCUT2D eigenvalue weighted by Crippen LogP contribution is -2.25. The quantitative estimate of drug-likeness (QED) is 0.374. The van der Waals surface area contributed by atoms with Crippen LogP contribution in [0.5, 0.6) is 17.4 Å². The fourth-order valence-corrected chi connectivity index (χ4v) is 4.00. The SMILES string of the molecule is COc1cc2c(N3CCC(Oc4cnc5ccccc5n4)C3)ncnc2cc1OCCCF. The van der Waals surface area contributed by atoms with Crippen molar-refractivity contribution in [1.82, 2.24) is 19.9 Å². The Kier molecular flexibility index (Phi) is 6.01. The largest absolute Gasteiger partial charge is 0.493 e. The third-order valence-corrected chi connectivity index (χ3v) is 5.59. The predicted molar refractivity (Wildman–Crippen MR) is 123 cm³/mol. The van der Waals surface area contributed by atoms with Gasteiger partial charge in [0.25, 0.3) is 0 Å². The van der Waals surface area contributed by atoms with E-state index in [-0.39, 0.29) is 12.7 Å². The number of rotatable bonds is 8. The first kappa shape index (κ1) is 21.1. The van der Waals surface area contributed by atoms with Crippen LogP contribution < -0.4 is 19.1 Å². The maximum Gasteiger partial charge on any atom is 0.233 e. The van der Waals surface area contributed by atoms with Gasteiger partial charge < -0.3 is 19.1 Å². The van der Waals surface area contributed by atoms with E-state index in [2.05, 4.69) is 24.8 Å². The molecular weight excluding hydrogens is 425 g/mol. The zero-order valence-corrected chi connectivity index (χ0v) is 18.3. The molecule has 33 heavy (non-hydrogen) atoms. The van der Waals surface area contributed by atoms with Crippen LogP contribution in [0.4, 0.5) is 10.2 Å². The molecule has 0 bridgehead atoms. The Labute approximate surface area is 190 Å². The number of alkyl halides is 1. The summed E-state index contributed by atoms with van der Waals surface area (Å²) in [5.74, 6) is 2.44. The van der Waals surface area contributed by atoms with E-state index in [9.17, 15) is 4.39 Å². The van der Waals surface area contributed by atoms with Crippen molar-refractivity contribution in [3.63, 3.8) is 0 Å². The first-order chi connectivity index (χ1) is 16.2. The monoisotopic (exact) mass is 449 g/mol. The lowest BCUT2D eigenvalue weighted by atomic mass is 10.2. The standard InChI is InChI=1S/C24H24FN5O3/c1-31-21-11-17-20(12-22(21)32-10-4-8-25)27-15-28-24(17)30-9-7-16(14-30)33-23-13-26-18-5-2-3-6-19(18)29-23/h2-3,5-6,11-13,15-16H,4,7-10,14H2,1H3. The molecule has 0 saturated carbocycles. The fraction of sp³-hybridized carbons (Fsp3) is 0.333. The molecule has 2 aromatic carbocycles. The van der Waals surface area contributed by atoms with Gasteiger partial charge in [0.1, 0.15) is 18.2 Å². The first-order valence-electron chi connectivity index (χ1n) is 10.9. The average molecular weight is 449 g/mol. The minimum Gasteiger partial charge on any atom is -0.493 e. The molecule has 1 aliphatic heterocycles. The van der Waals surface area contributed by atoms with E-state index in [1.807, 2.05) is 36.4 Å². The van der Waals surface area contributed by atoms with Gasteiger partial charge in [-0.05, 0) is 18.2 Å². The van der Waals surface area contributed by atoms with Crippen LogP contribution in [0.1, 0.15) is 12.8 Å². The maximum absolute atomic E-state index is 12.4. The average Bonchev–Trinajstić information content (AvgIpc) is 3.31. The summed E-state index contributed by atoms with van der Waals surface area (Å²) in [6.45, 7) is 1.30. The van der Waals surface area contributed by atoms with Gasteiger partial charge in [-0.15, -0.1) is 0 Å². The predicted octanol–water partition coefficient (Wildman–Crippen LogP) is 3.98. The number of hydrogen-bond acceptors (Lipinski definition) is 8. The highest BCUT2D eigenvalue weighted by atomic mass is 19.1. The second-order valence-electron chi connectivity index (χ2n) is 7.78. The summed E-state index contributed by atoms with van der Waals surface area (Å²) in [4.78, 5) is 20.1. The minimum atomic E-state index is -0.425. The van der Waals surface area contributed by atoms with Crippen LogP contribution in [-0.2, 0) is 0 Å². The third kappa shape index (κ3) is 4.44. The summed E-state index contributed by atoms with van der Waals surface area (Å²) < 4.78 is 29.8. The molecule has 1 saturated heterocycles. The number of benzene rings is 2. The van der Waals surface area contributed by atoms with Crippen LogP contribution >= 0.6 is 0 Å². The van der Waals surface area contributed by atoms with E-state index in [4.69, 9.17) is 14.2 Å². The van der Waals surface area contributed by atoms with Gasteiger partial charge in [0, 0.05) is 30.8 Å². The second kappa shape index (κ2) is 9.40. The Hall–Kier alpha value is -3.75. The van der Waals surface area contributed by atoms with Gasteiger partial charge in [0.05, 0.1) is 49.7 Å². The minimum absolute atomic E-state index is 0.0318. The van der Waals surface area contributed by atoms with Crippen molar-refractivity contribution < 1.29 is 18.6 Å². The highest BCUT2D eigenvalue weighted by Gasteiger charge is 2.27. The van der Waals surface area contributed by atoms with E-state index in [1.54, 1.807) is 19.6 Å². The zero-order valence-electron chi connectivity index (χ0n) is 18.3. The Morgan fingerprint density at radius 2 is 1.94 bits per heavy atom. The topological polar surface area (TPSA) is 82.5 Å². The van der Waals surface area contributed by atoms with Crippen molar-refractivity contribution in [1.29, 1.82) is 0 Å². The maximum atomic E-state index is 12.4. The number of fused-ring (bicyclic) bond motifs is 2. The number of aromatic nitrogens is 4. The smallest absolute Gasteiger partial charge is 0.233 e. The summed E-state index contributed by atoms with van der Waals surface area (Å²) in [5.41, 5.74) is 2.39. The molecule has 170 valence electrons. The Balaban J connectivity index is 1.35. The number of para-hydroxylation sites is 2.